The number of hydrogen-bond acceptors (Lipinski definition) is 13. The Bertz CT molecular complexity index is 725. The molecular weight excluding hydrogens is 493 g/mol. The molecular formula is C5H18O13Si8. The van der Waals surface area contributed by atoms with Gasteiger partial charge in [0.15, 0.2) is 0 Å². The fourth-order valence-corrected chi connectivity index (χ4v) is 28.1. The maximum Gasteiger partial charge on any atom is 0.480 e. The molecule has 21 heteroatoms. The zero-order chi connectivity index (χ0) is 23.3. The molecule has 4 unspecified atom stereocenters. The van der Waals surface area contributed by atoms with E-state index in [1.165, 1.54) is 0 Å². The molecule has 26 heavy (non-hydrogen) atoms. The van der Waals surface area contributed by atoms with Crippen LogP contribution in [0.5, 0.6) is 0 Å². The van der Waals surface area contributed by atoms with Crippen LogP contribution in [0.2, 0.25) is 12.1 Å². The summed E-state index contributed by atoms with van der Waals surface area (Å²) in [7, 11) is -38.1. The predicted octanol–water partition coefficient (Wildman–Crippen LogP) is -4.16. The Morgan fingerprint density at radius 3 is 1.46 bits per heavy atom. The molecule has 8 bridgehead atoms. The third-order valence-electron chi connectivity index (χ3n) is 3.41. The lowest BCUT2D eigenvalue weighted by Gasteiger charge is -2.50. The Kier molecular flexibility index (Phi) is 3.88. The highest BCUT2D eigenvalue weighted by molar-refractivity contribution is 6.89. The van der Waals surface area contributed by atoms with Crippen LogP contribution in [0.3, 0.4) is 0 Å². The first-order valence-electron chi connectivity index (χ1n) is 10.6. The van der Waals surface area contributed by atoms with Crippen molar-refractivity contribution in [2.24, 2.45) is 0 Å². The molecule has 0 amide bonds. The molecule has 0 aromatic carbocycles. The van der Waals surface area contributed by atoms with E-state index in [0.29, 0.717) is 6.42 Å². The third kappa shape index (κ3) is 3.70. The van der Waals surface area contributed by atoms with Gasteiger partial charge in [0.2, 0.25) is 0 Å². The van der Waals surface area contributed by atoms with E-state index in [-0.39, 0.29) is 6.04 Å². The molecule has 0 aliphatic carbocycles. The van der Waals surface area contributed by atoms with E-state index in [0.717, 1.165) is 0 Å². The summed E-state index contributed by atoms with van der Waals surface area (Å²) in [6.45, 7) is 1.10. The SMILES string of the molecule is [3H][Si]12O[Si]3([3H])O[Si]4([3H])O[Si]([3H])(O1)O[Si]1(CCO)O[Si]([3H])(O2)O[Si](CCC)(O3)O[Si]([3H])(O4)O1. The number of hydrogen-bond donors (Lipinski definition) is 1. The summed E-state index contributed by atoms with van der Waals surface area (Å²) in [5.74, 6) is 0. The first-order chi connectivity index (χ1) is 14.6. The van der Waals surface area contributed by atoms with Gasteiger partial charge >= 0.3 is 74.4 Å². The van der Waals surface area contributed by atoms with Gasteiger partial charge in [-0.1, -0.05) is 13.3 Å². The molecule has 6 fully saturated rings. The van der Waals surface area contributed by atoms with Gasteiger partial charge in [-0.2, -0.15) is 0 Å². The number of aliphatic hydroxyl groups excluding tert-OH is 1. The lowest BCUT2D eigenvalue weighted by atomic mass is 10.6. The van der Waals surface area contributed by atoms with Crippen molar-refractivity contribution in [3.05, 3.63) is 0 Å². The maximum absolute atomic E-state index is 9.63. The van der Waals surface area contributed by atoms with Crippen molar-refractivity contribution in [2.45, 2.75) is 25.4 Å². The largest absolute Gasteiger partial charge is 0.480 e. The summed E-state index contributed by atoms with van der Waals surface area (Å²) in [6, 6.07) is -0.503. The second-order valence-electron chi connectivity index (χ2n) is 5.31. The third-order valence-corrected chi connectivity index (χ3v) is 24.8. The first-order valence-corrected chi connectivity index (χ1v) is 18.8. The Hall–Kier alpha value is 1.22. The average molecular weight is 523 g/mol. The molecule has 0 aromatic rings. The minimum absolute atomic E-state index is 0.0541. The second kappa shape index (κ2) is 7.48. The van der Waals surface area contributed by atoms with Crippen LogP contribution in [0.4, 0.5) is 0 Å². The molecule has 0 saturated carbocycles. The van der Waals surface area contributed by atoms with Gasteiger partial charge < -0.3 is 54.5 Å². The van der Waals surface area contributed by atoms with Crippen LogP contribution >= 0.6 is 0 Å². The van der Waals surface area contributed by atoms with Crippen LogP contribution in [0.1, 0.15) is 13.3 Å². The standard InChI is InChI=1S/C5H18O13Si8/c1-2-4-25-13-21-7-19-9-22-10-20(8-21)12-24(16-25)18-26(14-22,5-3-6)17-23(11-19)15-25/h6,19-24H,2-5H2,1H3/i19T,20T,21T,22T,23T,24T. The molecule has 13 nitrogen and oxygen atoms in total. The van der Waals surface area contributed by atoms with Crippen molar-refractivity contribution in [1.29, 1.82) is 7.41 Å². The normalized spacial score (nSPS) is 73.2. The molecule has 0 spiro atoms. The van der Waals surface area contributed by atoms with E-state index >= 15 is 0 Å². The van der Waals surface area contributed by atoms with Gasteiger partial charge in [-0.05, 0) is 0 Å². The van der Waals surface area contributed by atoms with Crippen LogP contribution in [0, 0.1) is 0 Å². The van der Waals surface area contributed by atoms with Gasteiger partial charge in [0.1, 0.15) is 7.41 Å². The monoisotopic (exact) mass is 522 g/mol. The fourth-order valence-electron chi connectivity index (χ4n) is 2.42. The van der Waals surface area contributed by atoms with Crippen LogP contribution < -0.4 is 0 Å². The summed E-state index contributed by atoms with van der Waals surface area (Å²) >= 11 is 0. The van der Waals surface area contributed by atoms with Crippen LogP contribution in [-0.4, -0.2) is 93.5 Å². The Morgan fingerprint density at radius 2 is 1.04 bits per heavy atom. The Labute approximate surface area is 168 Å². The summed E-state index contributed by atoms with van der Waals surface area (Å²) < 4.78 is 119. The van der Waals surface area contributed by atoms with Crippen molar-refractivity contribution >= 4 is 74.4 Å². The lowest BCUT2D eigenvalue weighted by Crippen LogP contribution is -2.75. The van der Waals surface area contributed by atoms with Gasteiger partial charge in [-0.3, -0.25) is 0 Å². The zero-order valence-corrected chi connectivity index (χ0v) is 21.2. The van der Waals surface area contributed by atoms with Gasteiger partial charge in [0.25, 0.3) is 0 Å². The summed E-state index contributed by atoms with van der Waals surface area (Å²) in [6.07, 6.45) is 0.337. The van der Waals surface area contributed by atoms with Gasteiger partial charge in [-0.15, -0.1) is 0 Å². The highest BCUT2D eigenvalue weighted by atomic mass is 28.6. The molecule has 1 N–H and O–H groups in total. The topological polar surface area (TPSA) is 131 Å². The summed E-state index contributed by atoms with van der Waals surface area (Å²) in [5, 5.41) is 9.63. The van der Waals surface area contributed by atoms with Gasteiger partial charge in [-0.25, -0.2) is 0 Å². The molecule has 148 valence electrons. The summed E-state index contributed by atoms with van der Waals surface area (Å²) in [4.78, 5) is 0. The highest BCUT2D eigenvalue weighted by Gasteiger charge is 2.64. The average Bonchev–Trinajstić information content (AvgIpc) is 2.44. The second-order valence-corrected chi connectivity index (χ2v) is 21.8. The van der Waals surface area contributed by atoms with Gasteiger partial charge in [0.05, 0.1) is 0 Å². The quantitative estimate of drug-likeness (QED) is 0.359. The summed E-state index contributed by atoms with van der Waals surface area (Å²) in [5.41, 5.74) is 0. The van der Waals surface area contributed by atoms with Crippen LogP contribution in [-0.2, 0) is 49.4 Å². The van der Waals surface area contributed by atoms with E-state index in [1.54, 1.807) is 6.92 Å². The van der Waals surface area contributed by atoms with E-state index in [9.17, 15) is 5.11 Å². The number of rotatable bonds is 4. The first kappa shape index (κ1) is 13.5. The van der Waals surface area contributed by atoms with Crippen LogP contribution in [0.15, 0.2) is 0 Å². The fraction of sp³-hybridized carbons (Fsp3) is 1.00. The highest BCUT2D eigenvalue weighted by Crippen LogP contribution is 2.36. The lowest BCUT2D eigenvalue weighted by molar-refractivity contribution is 0.0201. The Balaban J connectivity index is 1.78. The zero-order valence-electron chi connectivity index (χ0n) is 19.2. The molecule has 0 radical (unpaired) electrons. The molecule has 6 saturated heterocycles. The van der Waals surface area contributed by atoms with Crippen molar-refractivity contribution < 1.29 is 54.5 Å². The molecule has 6 rings (SSSR count). The molecule has 0 aromatic heterocycles. The molecule has 4 atom stereocenters. The smallest absolute Gasteiger partial charge is 0.396 e. The minimum Gasteiger partial charge on any atom is -0.396 e. The molecule has 6 heterocycles. The van der Waals surface area contributed by atoms with E-state index in [1.807, 2.05) is 0 Å². The molecule has 6 aliphatic rings. The van der Waals surface area contributed by atoms with Crippen molar-refractivity contribution in [3.8, 4) is 0 Å². The maximum atomic E-state index is 9.63. The van der Waals surface area contributed by atoms with E-state index in [2.05, 4.69) is 0 Å². The van der Waals surface area contributed by atoms with E-state index in [4.69, 9.17) is 56.8 Å². The predicted molar refractivity (Wildman–Crippen MR) is 94.4 cm³/mol. The van der Waals surface area contributed by atoms with Crippen molar-refractivity contribution in [2.75, 3.05) is 6.61 Å². The van der Waals surface area contributed by atoms with Gasteiger partial charge in [0, 0.05) is 18.7 Å². The molecule has 6 aliphatic heterocycles. The number of aliphatic hydroxyl groups is 1. The van der Waals surface area contributed by atoms with Crippen molar-refractivity contribution in [1.82, 2.24) is 0 Å². The van der Waals surface area contributed by atoms with Crippen molar-refractivity contribution in [3.63, 3.8) is 0 Å². The minimum atomic E-state index is -4.95. The Morgan fingerprint density at radius 1 is 0.654 bits per heavy atom. The van der Waals surface area contributed by atoms with Crippen LogP contribution in [0.25, 0.3) is 0 Å². The van der Waals surface area contributed by atoms with E-state index < -0.39 is 87.0 Å².